The maximum Gasteiger partial charge on any atom is 0.112 e. The third-order valence-electron chi connectivity index (χ3n) is 4.64. The van der Waals surface area contributed by atoms with E-state index in [1.54, 1.807) is 0 Å². The highest BCUT2D eigenvalue weighted by molar-refractivity contribution is 5.43. The Morgan fingerprint density at radius 2 is 1.65 bits per heavy atom. The SMILES string of the molecule is Cc1ccc(C(C)(O)c2ccccc2C2CCC2)cc1. The van der Waals surface area contributed by atoms with Crippen molar-refractivity contribution in [3.8, 4) is 0 Å². The fourth-order valence-electron chi connectivity index (χ4n) is 3.05. The van der Waals surface area contributed by atoms with E-state index in [9.17, 15) is 5.11 Å². The van der Waals surface area contributed by atoms with Crippen LogP contribution in [0.15, 0.2) is 48.5 Å². The number of rotatable bonds is 3. The number of aliphatic hydroxyl groups is 1. The monoisotopic (exact) mass is 266 g/mol. The molecule has 1 saturated carbocycles. The molecule has 1 aliphatic carbocycles. The van der Waals surface area contributed by atoms with Gasteiger partial charge in [0.25, 0.3) is 0 Å². The summed E-state index contributed by atoms with van der Waals surface area (Å²) in [4.78, 5) is 0. The van der Waals surface area contributed by atoms with Gasteiger partial charge in [0.15, 0.2) is 0 Å². The number of aryl methyl sites for hydroxylation is 1. The van der Waals surface area contributed by atoms with E-state index >= 15 is 0 Å². The van der Waals surface area contributed by atoms with Crippen LogP contribution in [0.25, 0.3) is 0 Å². The van der Waals surface area contributed by atoms with E-state index in [-0.39, 0.29) is 0 Å². The predicted molar refractivity (Wildman–Crippen MR) is 82.9 cm³/mol. The van der Waals surface area contributed by atoms with Crippen molar-refractivity contribution in [1.29, 1.82) is 0 Å². The molecule has 1 aliphatic rings. The van der Waals surface area contributed by atoms with Crippen LogP contribution in [-0.4, -0.2) is 5.11 Å². The molecule has 0 saturated heterocycles. The van der Waals surface area contributed by atoms with Gasteiger partial charge in [-0.3, -0.25) is 0 Å². The van der Waals surface area contributed by atoms with Crippen molar-refractivity contribution in [2.45, 2.75) is 44.6 Å². The molecule has 20 heavy (non-hydrogen) atoms. The van der Waals surface area contributed by atoms with Gasteiger partial charge in [-0.25, -0.2) is 0 Å². The van der Waals surface area contributed by atoms with E-state index < -0.39 is 5.60 Å². The maximum absolute atomic E-state index is 11.1. The number of hydrogen-bond acceptors (Lipinski definition) is 1. The summed E-state index contributed by atoms with van der Waals surface area (Å²) in [6.07, 6.45) is 3.81. The molecule has 3 rings (SSSR count). The molecule has 2 aromatic rings. The molecule has 1 atom stereocenters. The summed E-state index contributed by atoms with van der Waals surface area (Å²) in [6.45, 7) is 3.98. The summed E-state index contributed by atoms with van der Waals surface area (Å²) in [6, 6.07) is 16.6. The Kier molecular flexibility index (Phi) is 3.39. The van der Waals surface area contributed by atoms with E-state index in [0.717, 1.165) is 11.1 Å². The van der Waals surface area contributed by atoms with Crippen molar-refractivity contribution in [2.24, 2.45) is 0 Å². The predicted octanol–water partition coefficient (Wildman–Crippen LogP) is 4.52. The first kappa shape index (κ1) is 13.4. The summed E-state index contributed by atoms with van der Waals surface area (Å²) >= 11 is 0. The van der Waals surface area contributed by atoms with Crippen LogP contribution in [0.4, 0.5) is 0 Å². The first-order valence-electron chi connectivity index (χ1n) is 7.48. The normalized spacial score (nSPS) is 18.4. The minimum Gasteiger partial charge on any atom is -0.381 e. The highest BCUT2D eigenvalue weighted by Gasteiger charge is 2.31. The molecule has 1 nitrogen and oxygen atoms in total. The first-order chi connectivity index (χ1) is 9.59. The van der Waals surface area contributed by atoms with Gasteiger partial charge in [0.05, 0.1) is 0 Å². The Hall–Kier alpha value is -1.60. The zero-order chi connectivity index (χ0) is 14.2. The average molecular weight is 266 g/mol. The van der Waals surface area contributed by atoms with Gasteiger partial charge >= 0.3 is 0 Å². The standard InChI is InChI=1S/C19H22O/c1-14-10-12-16(13-11-14)19(2,20)18-9-4-3-8-17(18)15-6-5-7-15/h3-4,8-13,15,20H,5-7H2,1-2H3. The van der Waals surface area contributed by atoms with Crippen LogP contribution in [0.1, 0.15) is 54.4 Å². The molecular weight excluding hydrogens is 244 g/mol. The average Bonchev–Trinajstić information content (AvgIpc) is 2.38. The van der Waals surface area contributed by atoms with Gasteiger partial charge in [0, 0.05) is 0 Å². The minimum atomic E-state index is -0.917. The fraction of sp³-hybridized carbons (Fsp3) is 0.368. The van der Waals surface area contributed by atoms with Crippen LogP contribution in [0.5, 0.6) is 0 Å². The molecule has 0 bridgehead atoms. The minimum absolute atomic E-state index is 0.628. The fourth-order valence-corrected chi connectivity index (χ4v) is 3.05. The van der Waals surface area contributed by atoms with Crippen LogP contribution in [0, 0.1) is 6.92 Å². The molecule has 1 unspecified atom stereocenters. The highest BCUT2D eigenvalue weighted by Crippen LogP contribution is 2.42. The van der Waals surface area contributed by atoms with Crippen LogP contribution in [0.2, 0.25) is 0 Å². The first-order valence-corrected chi connectivity index (χ1v) is 7.48. The number of hydrogen-bond donors (Lipinski definition) is 1. The van der Waals surface area contributed by atoms with Gasteiger partial charge in [-0.05, 0) is 49.3 Å². The highest BCUT2D eigenvalue weighted by atomic mass is 16.3. The smallest absolute Gasteiger partial charge is 0.112 e. The Morgan fingerprint density at radius 1 is 1.00 bits per heavy atom. The summed E-state index contributed by atoms with van der Waals surface area (Å²) in [7, 11) is 0. The van der Waals surface area contributed by atoms with Crippen LogP contribution in [-0.2, 0) is 5.60 Å². The van der Waals surface area contributed by atoms with Gasteiger partial charge in [-0.15, -0.1) is 0 Å². The zero-order valence-electron chi connectivity index (χ0n) is 12.3. The molecule has 0 aliphatic heterocycles. The zero-order valence-corrected chi connectivity index (χ0v) is 12.3. The second-order valence-electron chi connectivity index (χ2n) is 6.15. The van der Waals surface area contributed by atoms with Crippen molar-refractivity contribution in [3.63, 3.8) is 0 Å². The second kappa shape index (κ2) is 5.06. The van der Waals surface area contributed by atoms with Gasteiger partial charge in [0.1, 0.15) is 5.60 Å². The van der Waals surface area contributed by atoms with Crippen molar-refractivity contribution in [3.05, 3.63) is 70.8 Å². The van der Waals surface area contributed by atoms with Gasteiger partial charge in [-0.2, -0.15) is 0 Å². The largest absolute Gasteiger partial charge is 0.381 e. The molecule has 2 aromatic carbocycles. The molecule has 0 aromatic heterocycles. The van der Waals surface area contributed by atoms with Crippen LogP contribution in [0.3, 0.4) is 0 Å². The quantitative estimate of drug-likeness (QED) is 0.866. The van der Waals surface area contributed by atoms with E-state index in [1.807, 2.05) is 25.1 Å². The van der Waals surface area contributed by atoms with Crippen molar-refractivity contribution in [2.75, 3.05) is 0 Å². The molecular formula is C19H22O. The van der Waals surface area contributed by atoms with Crippen LogP contribution < -0.4 is 0 Å². The molecule has 104 valence electrons. The molecule has 0 radical (unpaired) electrons. The second-order valence-corrected chi connectivity index (χ2v) is 6.15. The van der Waals surface area contributed by atoms with E-state index in [1.165, 1.54) is 30.4 Å². The van der Waals surface area contributed by atoms with Crippen molar-refractivity contribution < 1.29 is 5.11 Å². The molecule has 0 spiro atoms. The molecule has 1 heteroatoms. The van der Waals surface area contributed by atoms with Crippen LogP contribution >= 0.6 is 0 Å². The van der Waals surface area contributed by atoms with Crippen molar-refractivity contribution >= 4 is 0 Å². The Balaban J connectivity index is 2.04. The third kappa shape index (κ3) is 2.27. The lowest BCUT2D eigenvalue weighted by atomic mass is 9.74. The Morgan fingerprint density at radius 3 is 2.25 bits per heavy atom. The lowest BCUT2D eigenvalue weighted by Crippen LogP contribution is -2.26. The summed E-state index contributed by atoms with van der Waals surface area (Å²) in [5, 5.41) is 11.1. The van der Waals surface area contributed by atoms with Gasteiger partial charge < -0.3 is 5.11 Å². The molecule has 1 fully saturated rings. The number of benzene rings is 2. The lowest BCUT2D eigenvalue weighted by Gasteiger charge is -2.33. The van der Waals surface area contributed by atoms with Gasteiger partial charge in [0.2, 0.25) is 0 Å². The molecule has 1 N–H and O–H groups in total. The van der Waals surface area contributed by atoms with Crippen molar-refractivity contribution in [1.82, 2.24) is 0 Å². The maximum atomic E-state index is 11.1. The lowest BCUT2D eigenvalue weighted by molar-refractivity contribution is 0.100. The third-order valence-corrected chi connectivity index (χ3v) is 4.64. The Bertz CT molecular complexity index is 591. The van der Waals surface area contributed by atoms with E-state index in [4.69, 9.17) is 0 Å². The van der Waals surface area contributed by atoms with E-state index in [0.29, 0.717) is 5.92 Å². The molecule has 0 amide bonds. The Labute approximate surface area is 121 Å². The topological polar surface area (TPSA) is 20.2 Å². The summed E-state index contributed by atoms with van der Waals surface area (Å²) in [5.74, 6) is 0.628. The van der Waals surface area contributed by atoms with Gasteiger partial charge in [-0.1, -0.05) is 60.5 Å². The van der Waals surface area contributed by atoms with E-state index in [2.05, 4.69) is 37.3 Å². The molecule has 0 heterocycles. The summed E-state index contributed by atoms with van der Waals surface area (Å²) in [5.41, 5.74) is 3.66. The summed E-state index contributed by atoms with van der Waals surface area (Å²) < 4.78 is 0.